The largest absolute Gasteiger partial charge is 0.361 e. The molecular weight excluding hydrogens is 316 g/mol. The lowest BCUT2D eigenvalue weighted by Crippen LogP contribution is -2.07. The number of rotatable bonds is 5. The Morgan fingerprint density at radius 3 is 2.96 bits per heavy atom. The molecule has 0 aromatic carbocycles. The highest BCUT2D eigenvalue weighted by molar-refractivity contribution is 7.99. The van der Waals surface area contributed by atoms with E-state index in [4.69, 9.17) is 0 Å². The zero-order chi connectivity index (χ0) is 15.8. The average molecular weight is 328 g/mol. The molecule has 9 heteroatoms. The lowest BCUT2D eigenvalue weighted by Gasteiger charge is -2.06. The van der Waals surface area contributed by atoms with E-state index in [0.29, 0.717) is 10.3 Å². The molecule has 23 heavy (non-hydrogen) atoms. The highest BCUT2D eigenvalue weighted by Crippen LogP contribution is 2.32. The minimum absolute atomic E-state index is 0.103. The van der Waals surface area contributed by atoms with Gasteiger partial charge in [0, 0.05) is 12.2 Å². The van der Waals surface area contributed by atoms with Crippen LogP contribution in [0.2, 0.25) is 0 Å². The van der Waals surface area contributed by atoms with Crippen molar-refractivity contribution in [3.8, 4) is 0 Å². The average Bonchev–Trinajstić information content (AvgIpc) is 3.27. The van der Waals surface area contributed by atoms with Gasteiger partial charge in [-0.15, -0.1) is 0 Å². The van der Waals surface area contributed by atoms with E-state index in [0.717, 1.165) is 18.4 Å². The van der Waals surface area contributed by atoms with Crippen LogP contribution in [0.5, 0.6) is 0 Å². The second-order valence-corrected chi connectivity index (χ2v) is 6.13. The number of hydrogen-bond acceptors (Lipinski definition) is 7. The van der Waals surface area contributed by atoms with Crippen LogP contribution in [0.3, 0.4) is 0 Å². The molecule has 1 aliphatic rings. The fraction of sp³-hybridized carbons (Fsp3) is 0.214. The summed E-state index contributed by atoms with van der Waals surface area (Å²) in [4.78, 5) is 23.4. The van der Waals surface area contributed by atoms with E-state index in [1.165, 1.54) is 18.0 Å². The molecule has 1 fully saturated rings. The molecule has 3 aromatic rings. The van der Waals surface area contributed by atoms with Gasteiger partial charge in [0.2, 0.25) is 5.82 Å². The summed E-state index contributed by atoms with van der Waals surface area (Å²) in [7, 11) is 0. The van der Waals surface area contributed by atoms with Gasteiger partial charge in [-0.05, 0) is 36.7 Å². The Balaban J connectivity index is 1.67. The predicted octanol–water partition coefficient (Wildman–Crippen LogP) is 2.76. The van der Waals surface area contributed by atoms with E-state index >= 15 is 0 Å². The van der Waals surface area contributed by atoms with Gasteiger partial charge in [-0.1, -0.05) is 6.07 Å². The molecular formula is C14H12N6O2S. The maximum absolute atomic E-state index is 11.1. The Morgan fingerprint density at radius 1 is 1.30 bits per heavy atom. The van der Waals surface area contributed by atoms with Crippen molar-refractivity contribution < 1.29 is 4.92 Å². The van der Waals surface area contributed by atoms with Crippen molar-refractivity contribution in [2.24, 2.45) is 0 Å². The summed E-state index contributed by atoms with van der Waals surface area (Å²) in [6.07, 6.45) is 6.93. The lowest BCUT2D eigenvalue weighted by molar-refractivity contribution is -0.384. The molecule has 0 bridgehead atoms. The van der Waals surface area contributed by atoms with Gasteiger partial charge < -0.3 is 5.32 Å². The molecule has 0 radical (unpaired) electrons. The van der Waals surface area contributed by atoms with Gasteiger partial charge in [0.15, 0.2) is 10.3 Å². The number of fused-ring (bicyclic) bond motifs is 1. The number of nitrogens with one attached hydrogen (secondary N) is 1. The van der Waals surface area contributed by atoms with Crippen molar-refractivity contribution >= 4 is 28.8 Å². The van der Waals surface area contributed by atoms with Crippen molar-refractivity contribution in [3.05, 3.63) is 46.9 Å². The first-order valence-electron chi connectivity index (χ1n) is 7.08. The van der Waals surface area contributed by atoms with Crippen LogP contribution in [-0.2, 0) is 0 Å². The molecule has 0 aliphatic heterocycles. The second-order valence-electron chi connectivity index (χ2n) is 5.20. The van der Waals surface area contributed by atoms with Crippen LogP contribution >= 0.6 is 11.8 Å². The minimum Gasteiger partial charge on any atom is -0.361 e. The Kier molecular flexibility index (Phi) is 3.34. The van der Waals surface area contributed by atoms with Gasteiger partial charge >= 0.3 is 5.69 Å². The topological polar surface area (TPSA) is 98.2 Å². The van der Waals surface area contributed by atoms with Gasteiger partial charge in [0.05, 0.1) is 16.6 Å². The van der Waals surface area contributed by atoms with E-state index in [-0.39, 0.29) is 17.5 Å². The zero-order valence-electron chi connectivity index (χ0n) is 11.9. The summed E-state index contributed by atoms with van der Waals surface area (Å²) >= 11 is 1.27. The molecule has 3 heterocycles. The van der Waals surface area contributed by atoms with Crippen LogP contribution in [0, 0.1) is 10.1 Å². The molecule has 8 nitrogen and oxygen atoms in total. The summed E-state index contributed by atoms with van der Waals surface area (Å²) in [5, 5.41) is 15.3. The van der Waals surface area contributed by atoms with E-state index in [1.807, 2.05) is 28.8 Å². The third kappa shape index (κ3) is 2.82. The third-order valence-electron chi connectivity index (χ3n) is 3.45. The first-order chi connectivity index (χ1) is 11.2. The van der Waals surface area contributed by atoms with Crippen LogP contribution in [0.4, 0.5) is 11.5 Å². The van der Waals surface area contributed by atoms with Crippen molar-refractivity contribution in [1.82, 2.24) is 19.4 Å². The Hall–Kier alpha value is -2.68. The molecule has 1 aliphatic carbocycles. The van der Waals surface area contributed by atoms with Crippen LogP contribution in [0.1, 0.15) is 12.8 Å². The molecule has 1 N–H and O–H groups in total. The fourth-order valence-electron chi connectivity index (χ4n) is 2.15. The quantitative estimate of drug-likeness (QED) is 0.437. The number of nitro groups is 1. The number of imidazole rings is 1. The normalized spacial score (nSPS) is 14.1. The highest BCUT2D eigenvalue weighted by atomic mass is 32.2. The molecule has 3 aromatic heterocycles. The van der Waals surface area contributed by atoms with E-state index in [1.54, 1.807) is 6.20 Å². The maximum atomic E-state index is 11.1. The molecule has 4 rings (SSSR count). The van der Waals surface area contributed by atoms with Crippen molar-refractivity contribution in [1.29, 1.82) is 0 Å². The van der Waals surface area contributed by atoms with Crippen molar-refractivity contribution in [3.63, 3.8) is 0 Å². The van der Waals surface area contributed by atoms with Gasteiger partial charge in [-0.2, -0.15) is 4.98 Å². The monoisotopic (exact) mass is 328 g/mol. The first kappa shape index (κ1) is 13.9. The summed E-state index contributed by atoms with van der Waals surface area (Å²) in [5.74, 6) is 0.274. The summed E-state index contributed by atoms with van der Waals surface area (Å²) in [5.41, 5.74) is 0.863. The summed E-state index contributed by atoms with van der Waals surface area (Å²) < 4.78 is 1.92. The van der Waals surface area contributed by atoms with Crippen molar-refractivity contribution in [2.75, 3.05) is 5.32 Å². The second kappa shape index (κ2) is 5.51. The molecule has 116 valence electrons. The standard InChI is InChI=1S/C14H12N6O2S/c21-20(22)11-8-15-13(18-12(11)17-9-4-5-9)23-14-16-7-10-3-1-2-6-19(10)14/h1-3,6-9H,4-5H2,(H,15,17,18). The van der Waals surface area contributed by atoms with Gasteiger partial charge in [-0.25, -0.2) is 9.97 Å². The van der Waals surface area contributed by atoms with Crippen LogP contribution in [0.25, 0.3) is 5.52 Å². The molecule has 0 atom stereocenters. The molecule has 0 saturated heterocycles. The zero-order valence-corrected chi connectivity index (χ0v) is 12.7. The Labute approximate surface area is 135 Å². The first-order valence-corrected chi connectivity index (χ1v) is 7.90. The molecule has 0 unspecified atom stereocenters. The number of aromatic nitrogens is 4. The predicted molar refractivity (Wildman–Crippen MR) is 84.6 cm³/mol. The van der Waals surface area contributed by atoms with Gasteiger partial charge in [0.25, 0.3) is 0 Å². The number of pyridine rings is 1. The number of hydrogen-bond donors (Lipinski definition) is 1. The van der Waals surface area contributed by atoms with E-state index in [2.05, 4.69) is 20.3 Å². The number of nitrogens with zero attached hydrogens (tertiary/aromatic N) is 5. The minimum atomic E-state index is -0.468. The summed E-state index contributed by atoms with van der Waals surface area (Å²) in [6, 6.07) is 6.07. The molecule has 0 spiro atoms. The van der Waals surface area contributed by atoms with Crippen LogP contribution in [0.15, 0.2) is 47.1 Å². The van der Waals surface area contributed by atoms with Crippen LogP contribution < -0.4 is 5.32 Å². The molecule has 1 saturated carbocycles. The lowest BCUT2D eigenvalue weighted by atomic mass is 10.4. The number of anilines is 1. The SMILES string of the molecule is O=[N+]([O-])c1cnc(Sc2ncc3ccccn23)nc1NC1CC1. The smallest absolute Gasteiger partial charge is 0.329 e. The summed E-state index contributed by atoms with van der Waals surface area (Å²) in [6.45, 7) is 0. The Morgan fingerprint density at radius 2 is 2.17 bits per heavy atom. The highest BCUT2D eigenvalue weighted by Gasteiger charge is 2.26. The molecule has 0 amide bonds. The Bertz CT molecular complexity index is 892. The maximum Gasteiger partial charge on any atom is 0.329 e. The third-order valence-corrected chi connectivity index (χ3v) is 4.31. The van der Waals surface area contributed by atoms with E-state index < -0.39 is 4.92 Å². The van der Waals surface area contributed by atoms with Gasteiger partial charge in [-0.3, -0.25) is 14.5 Å². The van der Waals surface area contributed by atoms with Crippen LogP contribution in [-0.4, -0.2) is 30.3 Å². The van der Waals surface area contributed by atoms with E-state index in [9.17, 15) is 10.1 Å². The van der Waals surface area contributed by atoms with Crippen molar-refractivity contribution in [2.45, 2.75) is 29.2 Å². The van der Waals surface area contributed by atoms with Gasteiger partial charge in [0.1, 0.15) is 6.20 Å². The fourth-order valence-corrected chi connectivity index (χ4v) is 2.92.